The zero-order valence-corrected chi connectivity index (χ0v) is 12.9. The minimum Gasteiger partial charge on any atom is -0.0895 e. The number of rotatable bonds is 0. The Hall–Kier alpha value is -2.25. The molecule has 0 radical (unpaired) electrons. The van der Waals surface area contributed by atoms with Crippen LogP contribution in [0.2, 0.25) is 0 Å². The lowest BCUT2D eigenvalue weighted by Crippen LogP contribution is -2.00. The van der Waals surface area contributed by atoms with Crippen LogP contribution < -0.4 is 0 Å². The molecule has 0 atom stereocenters. The van der Waals surface area contributed by atoms with Crippen LogP contribution in [0, 0.1) is 0 Å². The monoisotopic (exact) mass is 298 g/mol. The Morgan fingerprint density at radius 1 is 0.591 bits per heavy atom. The number of hydrogen-bond donors (Lipinski definition) is 0. The van der Waals surface area contributed by atoms with Crippen molar-refractivity contribution in [1.82, 2.24) is 0 Å². The molecule has 4 aromatic rings. The fourth-order valence-electron chi connectivity index (χ4n) is 3.47. The van der Waals surface area contributed by atoms with Gasteiger partial charge >= 0.3 is 0 Å². The third kappa shape index (κ3) is 1.72. The summed E-state index contributed by atoms with van der Waals surface area (Å²) in [5.41, 5.74) is 2.92. The third-order valence-corrected chi connectivity index (χ3v) is 5.77. The summed E-state index contributed by atoms with van der Waals surface area (Å²) in [6.07, 6.45) is 1.04. The van der Waals surface area contributed by atoms with Crippen molar-refractivity contribution < 1.29 is 0 Å². The van der Waals surface area contributed by atoms with Gasteiger partial charge in [-0.1, -0.05) is 72.4 Å². The molecule has 1 heteroatoms. The second-order valence-electron chi connectivity index (χ2n) is 5.81. The van der Waals surface area contributed by atoms with Crippen LogP contribution >= 0.6 is 11.8 Å². The van der Waals surface area contributed by atoms with Gasteiger partial charge in [0.1, 0.15) is 0 Å². The fourth-order valence-corrected chi connectivity index (χ4v) is 4.56. The van der Waals surface area contributed by atoms with E-state index in [1.807, 2.05) is 11.8 Å². The summed E-state index contributed by atoms with van der Waals surface area (Å²) >= 11 is 1.90. The minimum absolute atomic E-state index is 1.04. The van der Waals surface area contributed by atoms with Crippen molar-refractivity contribution in [2.45, 2.75) is 16.2 Å². The van der Waals surface area contributed by atoms with Gasteiger partial charge in [0.05, 0.1) is 0 Å². The number of fused-ring (bicyclic) bond motifs is 6. The van der Waals surface area contributed by atoms with Crippen molar-refractivity contribution in [1.29, 1.82) is 0 Å². The van der Waals surface area contributed by atoms with Gasteiger partial charge in [-0.25, -0.2) is 0 Å². The summed E-state index contributed by atoms with van der Waals surface area (Å²) in [7, 11) is 0. The highest BCUT2D eigenvalue weighted by Gasteiger charge is 2.18. The van der Waals surface area contributed by atoms with Gasteiger partial charge in [-0.2, -0.15) is 0 Å². The highest BCUT2D eigenvalue weighted by molar-refractivity contribution is 7.99. The smallest absolute Gasteiger partial charge is 0.0164 e. The van der Waals surface area contributed by atoms with Gasteiger partial charge < -0.3 is 0 Å². The first-order chi connectivity index (χ1) is 10.9. The van der Waals surface area contributed by atoms with Gasteiger partial charge in [-0.05, 0) is 44.8 Å². The molecule has 1 heterocycles. The van der Waals surface area contributed by atoms with E-state index in [2.05, 4.69) is 72.8 Å². The largest absolute Gasteiger partial charge is 0.0895 e. The molecule has 1 aliphatic rings. The Bertz CT molecular complexity index is 1030. The van der Waals surface area contributed by atoms with Crippen molar-refractivity contribution in [3.05, 3.63) is 83.9 Å². The Labute approximate surface area is 133 Å². The molecule has 0 nitrogen and oxygen atoms in total. The van der Waals surface area contributed by atoms with Crippen LogP contribution in [0.4, 0.5) is 0 Å². The summed E-state index contributed by atoms with van der Waals surface area (Å²) in [5, 5.41) is 5.44. The van der Waals surface area contributed by atoms with Crippen molar-refractivity contribution in [2.24, 2.45) is 0 Å². The average molecular weight is 298 g/mol. The molecule has 0 aliphatic carbocycles. The first-order valence-electron chi connectivity index (χ1n) is 7.59. The molecule has 0 N–H and O–H groups in total. The van der Waals surface area contributed by atoms with Gasteiger partial charge in [-0.3, -0.25) is 0 Å². The lowest BCUT2D eigenvalue weighted by molar-refractivity contribution is 1.07. The molecule has 0 fully saturated rings. The molecule has 0 aromatic heterocycles. The Kier molecular flexibility index (Phi) is 2.59. The normalized spacial score (nSPS) is 13.1. The summed E-state index contributed by atoms with van der Waals surface area (Å²) in [5.74, 6) is 0. The predicted molar refractivity (Wildman–Crippen MR) is 94.8 cm³/mol. The summed E-state index contributed by atoms with van der Waals surface area (Å²) in [6, 6.07) is 26.6. The van der Waals surface area contributed by atoms with E-state index < -0.39 is 0 Å². The fraction of sp³-hybridized carbons (Fsp3) is 0.0476. The Morgan fingerprint density at radius 3 is 2.41 bits per heavy atom. The van der Waals surface area contributed by atoms with Crippen LogP contribution in [-0.2, 0) is 6.42 Å². The van der Waals surface area contributed by atoms with E-state index in [9.17, 15) is 0 Å². The molecule has 0 saturated heterocycles. The van der Waals surface area contributed by atoms with Crippen LogP contribution in [0.3, 0.4) is 0 Å². The van der Waals surface area contributed by atoms with Gasteiger partial charge in [0.25, 0.3) is 0 Å². The van der Waals surface area contributed by atoms with Crippen LogP contribution in [0.15, 0.2) is 82.6 Å². The summed E-state index contributed by atoms with van der Waals surface area (Å²) in [6.45, 7) is 0. The van der Waals surface area contributed by atoms with Crippen LogP contribution in [0.5, 0.6) is 0 Å². The molecule has 0 amide bonds. The van der Waals surface area contributed by atoms with Crippen molar-refractivity contribution in [2.75, 3.05) is 0 Å². The van der Waals surface area contributed by atoms with Gasteiger partial charge in [0, 0.05) is 16.2 Å². The number of hydrogen-bond acceptors (Lipinski definition) is 1. The van der Waals surface area contributed by atoms with Gasteiger partial charge in [-0.15, -0.1) is 0 Å². The van der Waals surface area contributed by atoms with Crippen LogP contribution in [-0.4, -0.2) is 0 Å². The van der Waals surface area contributed by atoms with Crippen LogP contribution in [0.1, 0.15) is 11.1 Å². The zero-order valence-electron chi connectivity index (χ0n) is 12.0. The average Bonchev–Trinajstić information content (AvgIpc) is 2.59. The van der Waals surface area contributed by atoms with E-state index in [0.29, 0.717) is 0 Å². The lowest BCUT2D eigenvalue weighted by atomic mass is 9.94. The molecule has 22 heavy (non-hydrogen) atoms. The topological polar surface area (TPSA) is 0 Å². The van der Waals surface area contributed by atoms with Crippen molar-refractivity contribution in [3.63, 3.8) is 0 Å². The van der Waals surface area contributed by atoms with Crippen molar-refractivity contribution in [3.8, 4) is 0 Å². The molecule has 0 saturated carbocycles. The maximum atomic E-state index is 2.30. The molecule has 104 valence electrons. The van der Waals surface area contributed by atoms with E-state index in [4.69, 9.17) is 0 Å². The molecule has 4 aromatic carbocycles. The second-order valence-corrected chi connectivity index (χ2v) is 6.89. The molecule has 0 unspecified atom stereocenters. The van der Waals surface area contributed by atoms with E-state index in [1.54, 1.807) is 0 Å². The van der Waals surface area contributed by atoms with E-state index in [-0.39, 0.29) is 0 Å². The third-order valence-electron chi connectivity index (χ3n) is 4.55. The van der Waals surface area contributed by atoms with Crippen LogP contribution in [0.25, 0.3) is 21.5 Å². The minimum atomic E-state index is 1.04. The molecular weight excluding hydrogens is 284 g/mol. The lowest BCUT2D eigenvalue weighted by Gasteiger charge is -2.21. The molecular formula is C21H14S. The SMILES string of the molecule is c1ccc2c(c1)Cc1c(ccc3c1ccc1ccccc13)S2. The summed E-state index contributed by atoms with van der Waals surface area (Å²) < 4.78 is 0. The first-order valence-corrected chi connectivity index (χ1v) is 8.41. The molecule has 1 aliphatic heterocycles. The molecule has 0 bridgehead atoms. The number of benzene rings is 4. The molecule has 0 spiro atoms. The van der Waals surface area contributed by atoms with Crippen molar-refractivity contribution >= 4 is 33.3 Å². The van der Waals surface area contributed by atoms with Gasteiger partial charge in [0.2, 0.25) is 0 Å². The standard InChI is InChI=1S/C21H14S/c1-3-7-16-14(5-1)9-10-18-17(16)11-12-21-19(18)13-15-6-2-4-8-20(15)22-21/h1-12H,13H2. The maximum Gasteiger partial charge on any atom is 0.0164 e. The second kappa shape index (κ2) is 4.62. The highest BCUT2D eigenvalue weighted by Crippen LogP contribution is 2.43. The maximum absolute atomic E-state index is 2.30. The highest BCUT2D eigenvalue weighted by atomic mass is 32.2. The summed E-state index contributed by atoms with van der Waals surface area (Å²) in [4.78, 5) is 2.80. The quantitative estimate of drug-likeness (QED) is 0.314. The Morgan fingerprint density at radius 2 is 1.41 bits per heavy atom. The first kappa shape index (κ1) is 12.3. The predicted octanol–water partition coefficient (Wildman–Crippen LogP) is 6.05. The zero-order chi connectivity index (χ0) is 14.5. The van der Waals surface area contributed by atoms with Gasteiger partial charge in [0.15, 0.2) is 0 Å². The van der Waals surface area contributed by atoms with E-state index in [1.165, 1.54) is 42.5 Å². The Balaban J connectivity index is 1.82. The van der Waals surface area contributed by atoms with E-state index in [0.717, 1.165) is 6.42 Å². The molecule has 5 rings (SSSR count). The van der Waals surface area contributed by atoms with E-state index >= 15 is 0 Å².